The van der Waals surface area contributed by atoms with E-state index in [2.05, 4.69) is 0 Å². The number of nitro groups is 1. The lowest BCUT2D eigenvalue weighted by Gasteiger charge is -2.04. The van der Waals surface area contributed by atoms with Gasteiger partial charge in [0.2, 0.25) is 0 Å². The van der Waals surface area contributed by atoms with Gasteiger partial charge in [0.15, 0.2) is 11.5 Å². The number of carbonyl (C=O) groups is 1. The molecule has 0 radical (unpaired) electrons. The molecule has 0 saturated carbocycles. The Morgan fingerprint density at radius 3 is 2.73 bits per heavy atom. The minimum absolute atomic E-state index is 0.0317. The summed E-state index contributed by atoms with van der Waals surface area (Å²) in [6, 6.07) is 2.89. The first-order chi connectivity index (χ1) is 7.13. The SMILES string of the molecule is COc1cc2c(cc1[N+](=O)[O-])C(=O)CC2. The van der Waals surface area contributed by atoms with Crippen LogP contribution >= 0.6 is 0 Å². The molecule has 5 nitrogen and oxygen atoms in total. The van der Waals surface area contributed by atoms with E-state index in [1.165, 1.54) is 13.2 Å². The fraction of sp³-hybridized carbons (Fsp3) is 0.300. The molecule has 0 atom stereocenters. The Morgan fingerprint density at radius 1 is 1.40 bits per heavy atom. The van der Waals surface area contributed by atoms with E-state index in [0.29, 0.717) is 18.4 Å². The zero-order valence-corrected chi connectivity index (χ0v) is 8.15. The van der Waals surface area contributed by atoms with E-state index in [4.69, 9.17) is 4.74 Å². The van der Waals surface area contributed by atoms with Gasteiger partial charge in [0, 0.05) is 18.1 Å². The summed E-state index contributed by atoms with van der Waals surface area (Å²) in [7, 11) is 1.38. The lowest BCUT2D eigenvalue weighted by Crippen LogP contribution is -1.98. The number of hydrogen-bond acceptors (Lipinski definition) is 4. The molecule has 1 aliphatic carbocycles. The highest BCUT2D eigenvalue weighted by Gasteiger charge is 2.26. The molecule has 15 heavy (non-hydrogen) atoms. The number of Topliss-reactive ketones (excluding diaryl/α,β-unsaturated/α-hetero) is 1. The third kappa shape index (κ3) is 1.45. The summed E-state index contributed by atoms with van der Waals surface area (Å²) < 4.78 is 4.91. The van der Waals surface area contributed by atoms with Gasteiger partial charge in [0.1, 0.15) is 0 Å². The summed E-state index contributed by atoms with van der Waals surface area (Å²) >= 11 is 0. The molecule has 0 N–H and O–H groups in total. The number of ketones is 1. The molecule has 0 spiro atoms. The van der Waals surface area contributed by atoms with Crippen LogP contribution in [0.3, 0.4) is 0 Å². The maximum Gasteiger partial charge on any atom is 0.311 e. The number of nitrogens with zero attached hydrogens (tertiary/aromatic N) is 1. The first-order valence-corrected chi connectivity index (χ1v) is 4.52. The summed E-state index contributed by atoms with van der Waals surface area (Å²) in [6.07, 6.45) is 1.07. The van der Waals surface area contributed by atoms with E-state index in [1.54, 1.807) is 6.07 Å². The van der Waals surface area contributed by atoms with Crippen LogP contribution < -0.4 is 4.74 Å². The van der Waals surface area contributed by atoms with Crippen LogP contribution in [0.1, 0.15) is 22.3 Å². The molecule has 0 amide bonds. The number of methoxy groups -OCH3 is 1. The summed E-state index contributed by atoms with van der Waals surface area (Å²) in [6.45, 7) is 0. The van der Waals surface area contributed by atoms with Gasteiger partial charge >= 0.3 is 5.69 Å². The third-order valence-electron chi connectivity index (χ3n) is 2.52. The van der Waals surface area contributed by atoms with Gasteiger partial charge < -0.3 is 4.74 Å². The molecule has 0 aliphatic heterocycles. The number of hydrogen-bond donors (Lipinski definition) is 0. The second-order valence-electron chi connectivity index (χ2n) is 3.36. The molecule has 0 unspecified atom stereocenters. The van der Waals surface area contributed by atoms with Crippen LogP contribution in [-0.2, 0) is 6.42 Å². The van der Waals surface area contributed by atoms with Crippen molar-refractivity contribution in [1.29, 1.82) is 0 Å². The van der Waals surface area contributed by atoms with Crippen molar-refractivity contribution < 1.29 is 14.5 Å². The first kappa shape index (κ1) is 9.64. The van der Waals surface area contributed by atoms with Crippen molar-refractivity contribution in [3.8, 4) is 5.75 Å². The van der Waals surface area contributed by atoms with Crippen LogP contribution in [-0.4, -0.2) is 17.8 Å². The predicted molar refractivity (Wildman–Crippen MR) is 52.3 cm³/mol. The minimum Gasteiger partial charge on any atom is -0.490 e. The van der Waals surface area contributed by atoms with Crippen LogP contribution in [0.5, 0.6) is 5.75 Å². The average molecular weight is 207 g/mol. The standard InChI is InChI=1S/C10H9NO4/c1-15-10-4-6-2-3-9(12)7(6)5-8(10)11(13)14/h4-5H,2-3H2,1H3. The molecule has 0 heterocycles. The van der Waals surface area contributed by atoms with Gasteiger partial charge in [-0.3, -0.25) is 14.9 Å². The Balaban J connectivity index is 2.61. The topological polar surface area (TPSA) is 69.4 Å². The zero-order chi connectivity index (χ0) is 11.0. The Labute approximate surface area is 85.8 Å². The Morgan fingerprint density at radius 2 is 2.13 bits per heavy atom. The van der Waals surface area contributed by atoms with Gasteiger partial charge in [0.25, 0.3) is 0 Å². The van der Waals surface area contributed by atoms with Gasteiger partial charge in [-0.15, -0.1) is 0 Å². The lowest BCUT2D eigenvalue weighted by atomic mass is 10.1. The molecule has 0 saturated heterocycles. The summed E-state index contributed by atoms with van der Waals surface area (Å²) in [5.74, 6) is 0.184. The highest BCUT2D eigenvalue weighted by atomic mass is 16.6. The van der Waals surface area contributed by atoms with E-state index < -0.39 is 4.92 Å². The maximum atomic E-state index is 11.4. The van der Waals surface area contributed by atoms with Crippen molar-refractivity contribution in [1.82, 2.24) is 0 Å². The molecular formula is C10H9NO4. The number of rotatable bonds is 2. The van der Waals surface area contributed by atoms with E-state index in [1.807, 2.05) is 0 Å². The van der Waals surface area contributed by atoms with Crippen LogP contribution in [0.15, 0.2) is 12.1 Å². The second-order valence-corrected chi connectivity index (χ2v) is 3.36. The molecule has 1 aliphatic rings. The van der Waals surface area contributed by atoms with E-state index >= 15 is 0 Å². The van der Waals surface area contributed by atoms with Gasteiger partial charge in [-0.2, -0.15) is 0 Å². The normalized spacial score (nSPS) is 13.8. The number of carbonyl (C=O) groups excluding carboxylic acids is 1. The zero-order valence-electron chi connectivity index (χ0n) is 8.15. The third-order valence-corrected chi connectivity index (χ3v) is 2.52. The van der Waals surface area contributed by atoms with Crippen molar-refractivity contribution in [2.75, 3.05) is 7.11 Å². The van der Waals surface area contributed by atoms with Gasteiger partial charge in [-0.25, -0.2) is 0 Å². The van der Waals surface area contributed by atoms with Crippen molar-refractivity contribution in [2.45, 2.75) is 12.8 Å². The van der Waals surface area contributed by atoms with Crippen LogP contribution in [0.25, 0.3) is 0 Å². The smallest absolute Gasteiger partial charge is 0.311 e. The first-order valence-electron chi connectivity index (χ1n) is 4.52. The number of ether oxygens (including phenoxy) is 1. The minimum atomic E-state index is -0.537. The molecule has 0 fully saturated rings. The molecule has 5 heteroatoms. The Hall–Kier alpha value is -1.91. The molecular weight excluding hydrogens is 198 g/mol. The predicted octanol–water partition coefficient (Wildman–Crippen LogP) is 1.73. The van der Waals surface area contributed by atoms with Gasteiger partial charge in [-0.1, -0.05) is 0 Å². The van der Waals surface area contributed by atoms with Crippen molar-refractivity contribution in [3.63, 3.8) is 0 Å². The summed E-state index contributed by atoms with van der Waals surface area (Å²) in [5, 5.41) is 10.7. The number of nitro benzene ring substituents is 1. The highest BCUT2D eigenvalue weighted by molar-refractivity contribution is 6.01. The largest absolute Gasteiger partial charge is 0.490 e. The molecule has 0 aromatic heterocycles. The lowest BCUT2D eigenvalue weighted by molar-refractivity contribution is -0.385. The average Bonchev–Trinajstić information content (AvgIpc) is 2.58. The van der Waals surface area contributed by atoms with E-state index in [-0.39, 0.29) is 17.2 Å². The van der Waals surface area contributed by atoms with Crippen molar-refractivity contribution in [3.05, 3.63) is 33.4 Å². The molecule has 78 valence electrons. The van der Waals surface area contributed by atoms with Crippen LogP contribution in [0.2, 0.25) is 0 Å². The number of fused-ring (bicyclic) bond motifs is 1. The fourth-order valence-corrected chi connectivity index (χ4v) is 1.77. The molecule has 0 bridgehead atoms. The van der Waals surface area contributed by atoms with Crippen LogP contribution in [0.4, 0.5) is 5.69 Å². The maximum absolute atomic E-state index is 11.4. The van der Waals surface area contributed by atoms with E-state index in [9.17, 15) is 14.9 Å². The number of benzene rings is 1. The number of aryl methyl sites for hydroxylation is 1. The van der Waals surface area contributed by atoms with E-state index in [0.717, 1.165) is 5.56 Å². The monoisotopic (exact) mass is 207 g/mol. The Kier molecular flexibility index (Phi) is 2.15. The van der Waals surface area contributed by atoms with Gasteiger partial charge in [-0.05, 0) is 18.1 Å². The fourth-order valence-electron chi connectivity index (χ4n) is 1.77. The summed E-state index contributed by atoms with van der Waals surface area (Å²) in [4.78, 5) is 21.5. The highest BCUT2D eigenvalue weighted by Crippen LogP contribution is 2.34. The molecule has 1 aromatic carbocycles. The van der Waals surface area contributed by atoms with Gasteiger partial charge in [0.05, 0.1) is 12.0 Å². The van der Waals surface area contributed by atoms with Crippen molar-refractivity contribution >= 4 is 11.5 Å². The Bertz CT molecular complexity index is 453. The second kappa shape index (κ2) is 3.34. The van der Waals surface area contributed by atoms with Crippen molar-refractivity contribution in [2.24, 2.45) is 0 Å². The quantitative estimate of drug-likeness (QED) is 0.547. The van der Waals surface area contributed by atoms with Crippen LogP contribution in [0, 0.1) is 10.1 Å². The summed E-state index contributed by atoms with van der Waals surface area (Å²) in [5.41, 5.74) is 1.15. The molecule has 1 aromatic rings. The molecule has 2 rings (SSSR count).